The molecule has 2 amide bonds. The molecule has 2 saturated heterocycles. The van der Waals surface area contributed by atoms with Gasteiger partial charge in [-0.1, -0.05) is 24.3 Å². The Balaban J connectivity index is 1.30. The third-order valence-corrected chi connectivity index (χ3v) is 7.57. The smallest absolute Gasteiger partial charge is 0.262 e. The topological polar surface area (TPSA) is 96.3 Å². The summed E-state index contributed by atoms with van der Waals surface area (Å²) in [5, 5.41) is 6.17. The highest BCUT2D eigenvalue weighted by atomic mass is 32.2. The van der Waals surface area contributed by atoms with Crippen LogP contribution in [-0.4, -0.2) is 50.9 Å². The van der Waals surface area contributed by atoms with Gasteiger partial charge in [-0.3, -0.25) is 29.2 Å². The largest absolute Gasteiger partial charge is 0.381 e. The number of fused-ring (bicyclic) bond motifs is 1. The molecular weight excluding hydrogens is 462 g/mol. The number of amides is 2. The Kier molecular flexibility index (Phi) is 6.88. The van der Waals surface area contributed by atoms with Crippen molar-refractivity contribution in [2.75, 3.05) is 29.9 Å². The first-order valence-electron chi connectivity index (χ1n) is 12.0. The third kappa shape index (κ3) is 5.26. The molecule has 9 heteroatoms. The molecule has 35 heavy (non-hydrogen) atoms. The van der Waals surface area contributed by atoms with Crippen LogP contribution in [0.25, 0.3) is 10.9 Å². The molecule has 0 bridgehead atoms. The predicted molar refractivity (Wildman–Crippen MR) is 139 cm³/mol. The first-order chi connectivity index (χ1) is 17.0. The van der Waals surface area contributed by atoms with Crippen molar-refractivity contribution in [3.05, 3.63) is 69.8 Å². The van der Waals surface area contributed by atoms with Crippen LogP contribution in [0.5, 0.6) is 0 Å². The van der Waals surface area contributed by atoms with E-state index in [-0.39, 0.29) is 17.9 Å². The van der Waals surface area contributed by atoms with Crippen LogP contribution in [0.3, 0.4) is 0 Å². The van der Waals surface area contributed by atoms with Gasteiger partial charge in [-0.05, 0) is 42.7 Å². The molecule has 3 heterocycles. The minimum atomic E-state index is -0.726. The molecule has 2 fully saturated rings. The van der Waals surface area contributed by atoms with Crippen molar-refractivity contribution in [3.63, 3.8) is 0 Å². The standard InChI is InChI=1S/C26H29N5O3S/c1-17-28-22-7-6-20(14-21(22)26(34)31(17)23-8-9-24(32)29-25(23)33)27-15-18-2-4-19(5-3-18)16-30-10-12-35-13-11-30/h2-7,14,23,27H,8-13,15-16H2,1H3,(H,29,32,33). The summed E-state index contributed by atoms with van der Waals surface area (Å²) < 4.78 is 1.41. The normalized spacial score (nSPS) is 19.1. The number of carbonyl (C=O) groups is 2. The molecular formula is C26H29N5O3S. The monoisotopic (exact) mass is 491 g/mol. The minimum Gasteiger partial charge on any atom is -0.381 e. The highest BCUT2D eigenvalue weighted by molar-refractivity contribution is 7.99. The quantitative estimate of drug-likeness (QED) is 0.512. The lowest BCUT2D eigenvalue weighted by Gasteiger charge is -2.26. The summed E-state index contributed by atoms with van der Waals surface area (Å²) in [4.78, 5) is 44.3. The number of piperidine rings is 1. The van der Waals surface area contributed by atoms with Crippen LogP contribution in [0.4, 0.5) is 5.69 Å². The van der Waals surface area contributed by atoms with Crippen LogP contribution in [0.2, 0.25) is 0 Å². The first kappa shape index (κ1) is 23.6. The van der Waals surface area contributed by atoms with Gasteiger partial charge in [0.15, 0.2) is 0 Å². The van der Waals surface area contributed by atoms with Gasteiger partial charge in [-0.25, -0.2) is 4.98 Å². The lowest BCUT2D eigenvalue weighted by molar-refractivity contribution is -0.135. The van der Waals surface area contributed by atoms with Crippen molar-refractivity contribution in [3.8, 4) is 0 Å². The van der Waals surface area contributed by atoms with Gasteiger partial charge < -0.3 is 5.32 Å². The van der Waals surface area contributed by atoms with Crippen molar-refractivity contribution in [1.82, 2.24) is 19.8 Å². The van der Waals surface area contributed by atoms with E-state index in [0.717, 1.165) is 30.9 Å². The average Bonchev–Trinajstić information content (AvgIpc) is 2.86. The molecule has 0 aliphatic carbocycles. The number of thioether (sulfide) groups is 1. The molecule has 1 atom stereocenters. The second kappa shape index (κ2) is 10.2. The number of aromatic nitrogens is 2. The number of hydrogen-bond acceptors (Lipinski definition) is 7. The van der Waals surface area contributed by atoms with Crippen LogP contribution in [-0.2, 0) is 22.7 Å². The molecule has 2 aliphatic heterocycles. The van der Waals surface area contributed by atoms with Crippen molar-refractivity contribution in [2.24, 2.45) is 0 Å². The number of anilines is 1. The molecule has 8 nitrogen and oxygen atoms in total. The maximum absolute atomic E-state index is 13.3. The van der Waals surface area contributed by atoms with Gasteiger partial charge in [0.05, 0.1) is 10.9 Å². The van der Waals surface area contributed by atoms with Crippen molar-refractivity contribution < 1.29 is 9.59 Å². The predicted octanol–water partition coefficient (Wildman–Crippen LogP) is 2.84. The number of aryl methyl sites for hydroxylation is 1. The maximum Gasteiger partial charge on any atom is 0.262 e. The Labute approximate surface area is 208 Å². The zero-order chi connectivity index (χ0) is 24.4. The third-order valence-electron chi connectivity index (χ3n) is 6.63. The Morgan fingerprint density at radius 3 is 2.54 bits per heavy atom. The molecule has 1 aromatic heterocycles. The number of nitrogens with zero attached hydrogens (tertiary/aromatic N) is 3. The second-order valence-electron chi connectivity index (χ2n) is 9.09. The van der Waals surface area contributed by atoms with Gasteiger partial charge in [0.25, 0.3) is 5.56 Å². The molecule has 2 aliphatic rings. The van der Waals surface area contributed by atoms with E-state index in [1.807, 2.05) is 23.9 Å². The van der Waals surface area contributed by atoms with E-state index in [2.05, 4.69) is 44.8 Å². The molecule has 182 valence electrons. The molecule has 0 saturated carbocycles. The highest BCUT2D eigenvalue weighted by Crippen LogP contribution is 2.22. The van der Waals surface area contributed by atoms with Crippen LogP contribution in [0.1, 0.15) is 35.8 Å². The SMILES string of the molecule is Cc1nc2ccc(NCc3ccc(CN4CCSCC4)cc3)cc2c(=O)n1C1CCC(=O)NC1=O. The van der Waals surface area contributed by atoms with Gasteiger partial charge in [0.1, 0.15) is 11.9 Å². The Morgan fingerprint density at radius 1 is 1.06 bits per heavy atom. The second-order valence-corrected chi connectivity index (χ2v) is 10.3. The Hall–Kier alpha value is -3.17. The summed E-state index contributed by atoms with van der Waals surface area (Å²) in [7, 11) is 0. The van der Waals surface area contributed by atoms with Crippen LogP contribution in [0.15, 0.2) is 47.3 Å². The molecule has 3 aromatic rings. The molecule has 0 spiro atoms. The van der Waals surface area contributed by atoms with Crippen molar-refractivity contribution >= 4 is 40.2 Å². The highest BCUT2D eigenvalue weighted by Gasteiger charge is 2.30. The lowest BCUT2D eigenvalue weighted by atomic mass is 10.1. The number of nitrogens with one attached hydrogen (secondary N) is 2. The van der Waals surface area contributed by atoms with Gasteiger partial charge in [0, 0.05) is 49.8 Å². The fraction of sp³-hybridized carbons (Fsp3) is 0.385. The Bertz CT molecular complexity index is 1320. The first-order valence-corrected chi connectivity index (χ1v) is 13.1. The zero-order valence-corrected chi connectivity index (χ0v) is 20.6. The zero-order valence-electron chi connectivity index (χ0n) is 19.8. The van der Waals surface area contributed by atoms with Gasteiger partial charge in [0.2, 0.25) is 11.8 Å². The molecule has 2 N–H and O–H groups in total. The minimum absolute atomic E-state index is 0.206. The van der Waals surface area contributed by atoms with Gasteiger partial charge >= 0.3 is 0 Å². The van der Waals surface area contributed by atoms with Crippen LogP contribution >= 0.6 is 11.8 Å². The average molecular weight is 492 g/mol. The number of rotatable bonds is 6. The summed E-state index contributed by atoms with van der Waals surface area (Å²) in [6.07, 6.45) is 0.501. The van der Waals surface area contributed by atoms with Gasteiger partial charge in [-0.2, -0.15) is 11.8 Å². The van der Waals surface area contributed by atoms with E-state index < -0.39 is 11.9 Å². The number of hydrogen-bond donors (Lipinski definition) is 2. The van der Waals surface area contributed by atoms with E-state index in [1.54, 1.807) is 13.0 Å². The van der Waals surface area contributed by atoms with Crippen molar-refractivity contribution in [2.45, 2.75) is 38.9 Å². The lowest BCUT2D eigenvalue weighted by Crippen LogP contribution is -2.45. The fourth-order valence-corrected chi connectivity index (χ4v) is 5.68. The van der Waals surface area contributed by atoms with E-state index >= 15 is 0 Å². The van der Waals surface area contributed by atoms with E-state index in [1.165, 1.54) is 21.6 Å². The van der Waals surface area contributed by atoms with E-state index in [9.17, 15) is 14.4 Å². The summed E-state index contributed by atoms with van der Waals surface area (Å²) in [6, 6.07) is 13.4. The summed E-state index contributed by atoms with van der Waals surface area (Å²) in [5.74, 6) is 2.12. The van der Waals surface area contributed by atoms with Crippen LogP contribution in [0, 0.1) is 6.92 Å². The van der Waals surface area contributed by atoms with Gasteiger partial charge in [-0.15, -0.1) is 0 Å². The number of imide groups is 1. The molecule has 2 aromatic carbocycles. The molecule has 0 radical (unpaired) electrons. The summed E-state index contributed by atoms with van der Waals surface area (Å²) >= 11 is 2.02. The van der Waals surface area contributed by atoms with Crippen LogP contribution < -0.4 is 16.2 Å². The Morgan fingerprint density at radius 2 is 1.80 bits per heavy atom. The summed E-state index contributed by atoms with van der Waals surface area (Å²) in [5.41, 5.74) is 3.60. The fourth-order valence-electron chi connectivity index (χ4n) is 4.70. The van der Waals surface area contributed by atoms with E-state index in [0.29, 0.717) is 29.7 Å². The number of carbonyl (C=O) groups excluding carboxylic acids is 2. The maximum atomic E-state index is 13.3. The number of benzene rings is 2. The molecule has 5 rings (SSSR count). The summed E-state index contributed by atoms with van der Waals surface area (Å²) in [6.45, 7) is 5.63. The molecule has 1 unspecified atom stereocenters. The van der Waals surface area contributed by atoms with E-state index in [4.69, 9.17) is 0 Å². The van der Waals surface area contributed by atoms with Crippen molar-refractivity contribution in [1.29, 1.82) is 0 Å².